The zero-order valence-electron chi connectivity index (χ0n) is 11.3. The normalized spacial score (nSPS) is 12.4. The molecule has 0 saturated carbocycles. The lowest BCUT2D eigenvalue weighted by atomic mass is 10.1. The van der Waals surface area contributed by atoms with Crippen LogP contribution < -0.4 is 10.1 Å². The van der Waals surface area contributed by atoms with Crippen molar-refractivity contribution in [3.8, 4) is 5.75 Å². The van der Waals surface area contributed by atoms with Crippen molar-refractivity contribution in [1.29, 1.82) is 0 Å². The van der Waals surface area contributed by atoms with E-state index in [1.807, 2.05) is 0 Å². The molecule has 0 heterocycles. The topological polar surface area (TPSA) is 30.5 Å². The van der Waals surface area contributed by atoms with E-state index in [1.54, 1.807) is 25.3 Å². The summed E-state index contributed by atoms with van der Waals surface area (Å²) in [6.45, 7) is 3.24. The lowest BCUT2D eigenvalue weighted by Gasteiger charge is -2.17. The minimum absolute atomic E-state index is 0.255. The molecule has 1 N–H and O–H groups in total. The molecule has 3 nitrogen and oxygen atoms in total. The van der Waals surface area contributed by atoms with Gasteiger partial charge in [-0.3, -0.25) is 0 Å². The maximum atomic E-state index is 13.9. The largest absolute Gasteiger partial charge is 0.494 e. The molecule has 102 valence electrons. The van der Waals surface area contributed by atoms with Gasteiger partial charge in [-0.2, -0.15) is 0 Å². The fraction of sp³-hybridized carbons (Fsp3) is 0.571. The van der Waals surface area contributed by atoms with Gasteiger partial charge in [0.1, 0.15) is 0 Å². The molecule has 18 heavy (non-hydrogen) atoms. The van der Waals surface area contributed by atoms with Crippen molar-refractivity contribution >= 4 is 0 Å². The van der Waals surface area contributed by atoms with E-state index in [0.29, 0.717) is 18.7 Å². The zero-order chi connectivity index (χ0) is 13.4. The molecular weight excluding hydrogens is 233 g/mol. The number of benzene rings is 1. The maximum absolute atomic E-state index is 13.9. The molecule has 0 aromatic heterocycles. The van der Waals surface area contributed by atoms with E-state index in [9.17, 15) is 4.39 Å². The van der Waals surface area contributed by atoms with Crippen LogP contribution in [0.4, 0.5) is 4.39 Å². The van der Waals surface area contributed by atoms with Crippen molar-refractivity contribution in [3.63, 3.8) is 0 Å². The van der Waals surface area contributed by atoms with Crippen LogP contribution in [0.2, 0.25) is 0 Å². The van der Waals surface area contributed by atoms with E-state index in [4.69, 9.17) is 9.47 Å². The first-order valence-corrected chi connectivity index (χ1v) is 6.26. The van der Waals surface area contributed by atoms with Gasteiger partial charge >= 0.3 is 0 Å². The molecule has 1 rings (SSSR count). The first-order valence-electron chi connectivity index (χ1n) is 6.26. The molecule has 0 aliphatic rings. The molecule has 0 fully saturated rings. The average molecular weight is 255 g/mol. The predicted octanol–water partition coefficient (Wildman–Crippen LogP) is 2.74. The Morgan fingerprint density at radius 2 is 2.11 bits per heavy atom. The van der Waals surface area contributed by atoms with E-state index in [2.05, 4.69) is 12.2 Å². The summed E-state index contributed by atoms with van der Waals surface area (Å²) >= 11 is 0. The molecule has 0 amide bonds. The highest BCUT2D eigenvalue weighted by Crippen LogP contribution is 2.19. The highest BCUT2D eigenvalue weighted by Gasteiger charge is 2.11. The van der Waals surface area contributed by atoms with Gasteiger partial charge in [0, 0.05) is 25.3 Å². The van der Waals surface area contributed by atoms with Crippen molar-refractivity contribution in [1.82, 2.24) is 5.32 Å². The number of hydrogen-bond donors (Lipinski definition) is 1. The minimum atomic E-state index is -0.292. The Morgan fingerprint density at radius 1 is 1.33 bits per heavy atom. The molecule has 0 aliphatic carbocycles. The van der Waals surface area contributed by atoms with Crippen molar-refractivity contribution in [2.24, 2.45) is 0 Å². The first-order chi connectivity index (χ1) is 8.72. The number of hydrogen-bond acceptors (Lipinski definition) is 3. The summed E-state index contributed by atoms with van der Waals surface area (Å²) in [5.74, 6) is -0.00625. The van der Waals surface area contributed by atoms with Crippen LogP contribution >= 0.6 is 0 Å². The van der Waals surface area contributed by atoms with Crippen molar-refractivity contribution in [2.45, 2.75) is 32.4 Å². The summed E-state index contributed by atoms with van der Waals surface area (Å²) in [4.78, 5) is 0. The summed E-state index contributed by atoms with van der Waals surface area (Å²) in [5, 5.41) is 3.31. The fourth-order valence-electron chi connectivity index (χ4n) is 1.90. The highest BCUT2D eigenvalue weighted by molar-refractivity contribution is 5.30. The van der Waals surface area contributed by atoms with Crippen LogP contribution in [0.15, 0.2) is 18.2 Å². The molecule has 0 aliphatic heterocycles. The van der Waals surface area contributed by atoms with E-state index in [-0.39, 0.29) is 17.6 Å². The second-order valence-corrected chi connectivity index (χ2v) is 4.26. The van der Waals surface area contributed by atoms with Gasteiger partial charge in [0.25, 0.3) is 0 Å². The Hall–Kier alpha value is -1.13. The van der Waals surface area contributed by atoms with Gasteiger partial charge in [-0.25, -0.2) is 4.39 Å². The van der Waals surface area contributed by atoms with Crippen LogP contribution in [0.5, 0.6) is 5.75 Å². The van der Waals surface area contributed by atoms with Crippen molar-refractivity contribution in [2.75, 3.05) is 20.8 Å². The zero-order valence-corrected chi connectivity index (χ0v) is 11.3. The van der Waals surface area contributed by atoms with E-state index in [0.717, 1.165) is 12.8 Å². The SMILES string of the molecule is CCCC(COC)NCc1cccc(OC)c1F. The van der Waals surface area contributed by atoms with Crippen molar-refractivity contribution < 1.29 is 13.9 Å². The molecule has 0 bridgehead atoms. The monoisotopic (exact) mass is 255 g/mol. The van der Waals surface area contributed by atoms with Crippen LogP contribution in [0.1, 0.15) is 25.3 Å². The Labute approximate surface area is 108 Å². The third-order valence-corrected chi connectivity index (χ3v) is 2.85. The van der Waals surface area contributed by atoms with Crippen LogP contribution in [-0.2, 0) is 11.3 Å². The molecule has 0 spiro atoms. The average Bonchev–Trinajstić information content (AvgIpc) is 2.38. The van der Waals surface area contributed by atoms with Crippen LogP contribution in [0.25, 0.3) is 0 Å². The summed E-state index contributed by atoms with van der Waals surface area (Å²) in [5.41, 5.74) is 0.617. The second kappa shape index (κ2) is 8.06. The van der Waals surface area contributed by atoms with Crippen LogP contribution in [0, 0.1) is 5.82 Å². The maximum Gasteiger partial charge on any atom is 0.169 e. The van der Waals surface area contributed by atoms with Gasteiger partial charge in [0.2, 0.25) is 0 Å². The molecule has 1 atom stereocenters. The van der Waals surface area contributed by atoms with E-state index < -0.39 is 0 Å². The third-order valence-electron chi connectivity index (χ3n) is 2.85. The predicted molar refractivity (Wildman–Crippen MR) is 70.4 cm³/mol. The number of rotatable bonds is 8. The lowest BCUT2D eigenvalue weighted by molar-refractivity contribution is 0.161. The van der Waals surface area contributed by atoms with Gasteiger partial charge in [-0.15, -0.1) is 0 Å². The Balaban J connectivity index is 2.61. The molecule has 0 saturated heterocycles. The molecule has 1 aromatic carbocycles. The number of ether oxygens (including phenoxy) is 2. The molecule has 0 radical (unpaired) electrons. The molecule has 1 unspecified atom stereocenters. The van der Waals surface area contributed by atoms with Gasteiger partial charge in [0.15, 0.2) is 11.6 Å². The van der Waals surface area contributed by atoms with Crippen LogP contribution in [-0.4, -0.2) is 26.9 Å². The van der Waals surface area contributed by atoms with Gasteiger partial charge < -0.3 is 14.8 Å². The molecular formula is C14H22FNO2. The van der Waals surface area contributed by atoms with E-state index in [1.165, 1.54) is 7.11 Å². The highest BCUT2D eigenvalue weighted by atomic mass is 19.1. The lowest BCUT2D eigenvalue weighted by Crippen LogP contribution is -2.32. The summed E-state index contributed by atoms with van der Waals surface area (Å²) in [6, 6.07) is 5.44. The number of nitrogens with one attached hydrogen (secondary N) is 1. The minimum Gasteiger partial charge on any atom is -0.494 e. The van der Waals surface area contributed by atoms with Gasteiger partial charge in [0.05, 0.1) is 13.7 Å². The van der Waals surface area contributed by atoms with Gasteiger partial charge in [-0.1, -0.05) is 25.5 Å². The summed E-state index contributed by atoms with van der Waals surface area (Å²) in [7, 11) is 3.15. The number of halogens is 1. The molecule has 1 aromatic rings. The smallest absolute Gasteiger partial charge is 0.169 e. The number of methoxy groups -OCH3 is 2. The van der Waals surface area contributed by atoms with Gasteiger partial charge in [-0.05, 0) is 12.5 Å². The summed E-state index contributed by atoms with van der Waals surface area (Å²) < 4.78 is 24.0. The Bertz CT molecular complexity index is 352. The van der Waals surface area contributed by atoms with Crippen molar-refractivity contribution in [3.05, 3.63) is 29.6 Å². The second-order valence-electron chi connectivity index (χ2n) is 4.26. The third kappa shape index (κ3) is 4.27. The van der Waals surface area contributed by atoms with Crippen LogP contribution in [0.3, 0.4) is 0 Å². The Kier molecular flexibility index (Phi) is 6.68. The fourth-order valence-corrected chi connectivity index (χ4v) is 1.90. The quantitative estimate of drug-likeness (QED) is 0.774. The summed E-state index contributed by atoms with van der Waals surface area (Å²) in [6.07, 6.45) is 2.08. The van der Waals surface area contributed by atoms with E-state index >= 15 is 0 Å². The molecule has 4 heteroatoms. The Morgan fingerprint density at radius 3 is 2.72 bits per heavy atom. The first kappa shape index (κ1) is 14.9. The standard InChI is InChI=1S/C14H22FNO2/c1-4-6-12(10-17-2)16-9-11-7-5-8-13(18-3)14(11)15/h5,7-8,12,16H,4,6,9-10H2,1-3H3.